The molecule has 0 saturated carbocycles. The van der Waals surface area contributed by atoms with Crippen molar-refractivity contribution in [2.75, 3.05) is 0 Å². The molecule has 0 bridgehead atoms. The smallest absolute Gasteiger partial charge is 0.408 e. The van der Waals surface area contributed by atoms with Crippen LogP contribution < -0.4 is 10.6 Å². The van der Waals surface area contributed by atoms with Gasteiger partial charge in [-0.2, -0.15) is 0 Å². The molecule has 2 aromatic carbocycles. The number of hydrogen-bond acceptors (Lipinski definition) is 3. The summed E-state index contributed by atoms with van der Waals surface area (Å²) in [5.41, 5.74) is 1.24. The fourth-order valence-electron chi connectivity index (χ4n) is 2.21. The zero-order chi connectivity index (χ0) is 19.1. The van der Waals surface area contributed by atoms with Gasteiger partial charge in [-0.05, 0) is 37.1 Å². The van der Waals surface area contributed by atoms with Crippen LogP contribution in [0.5, 0.6) is 0 Å². The molecule has 2 rings (SSSR count). The van der Waals surface area contributed by atoms with Crippen molar-refractivity contribution in [2.45, 2.75) is 32.5 Å². The summed E-state index contributed by atoms with van der Waals surface area (Å²) in [4.78, 5) is 23.9. The van der Waals surface area contributed by atoms with Gasteiger partial charge in [0.05, 0.1) is 6.04 Å². The van der Waals surface area contributed by atoms with Crippen LogP contribution in [0.15, 0.2) is 48.5 Å². The van der Waals surface area contributed by atoms with Gasteiger partial charge in [-0.15, -0.1) is 0 Å². The molecule has 0 heterocycles. The molecule has 26 heavy (non-hydrogen) atoms. The molecule has 0 saturated heterocycles. The number of benzene rings is 2. The SMILES string of the molecule is CC(NC(=O)[C@H](C)NC(=O)OCc1ccccc1)c1ccc(F)c(F)c1. The van der Waals surface area contributed by atoms with Crippen LogP contribution >= 0.6 is 0 Å². The molecule has 0 aliphatic rings. The second kappa shape index (κ2) is 8.94. The number of rotatable bonds is 6. The van der Waals surface area contributed by atoms with Crippen molar-refractivity contribution >= 4 is 12.0 Å². The van der Waals surface area contributed by atoms with E-state index < -0.39 is 35.7 Å². The Bertz CT molecular complexity index is 769. The highest BCUT2D eigenvalue weighted by molar-refractivity contribution is 5.85. The zero-order valence-corrected chi connectivity index (χ0v) is 14.5. The van der Waals surface area contributed by atoms with Crippen molar-refractivity contribution in [1.82, 2.24) is 10.6 Å². The Kier molecular flexibility index (Phi) is 6.66. The Morgan fingerprint density at radius 2 is 1.69 bits per heavy atom. The Morgan fingerprint density at radius 1 is 1.00 bits per heavy atom. The molecular weight excluding hydrogens is 342 g/mol. The highest BCUT2D eigenvalue weighted by Crippen LogP contribution is 2.16. The van der Waals surface area contributed by atoms with E-state index in [0.29, 0.717) is 5.56 Å². The highest BCUT2D eigenvalue weighted by atomic mass is 19.2. The summed E-state index contributed by atoms with van der Waals surface area (Å²) < 4.78 is 31.3. The monoisotopic (exact) mass is 362 g/mol. The molecule has 138 valence electrons. The molecule has 0 aliphatic heterocycles. The third-order valence-corrected chi connectivity index (χ3v) is 3.74. The first-order valence-corrected chi connectivity index (χ1v) is 8.09. The van der Waals surface area contributed by atoms with E-state index in [0.717, 1.165) is 17.7 Å². The molecule has 5 nitrogen and oxygen atoms in total. The molecule has 0 fully saturated rings. The van der Waals surface area contributed by atoms with Crippen molar-refractivity contribution in [1.29, 1.82) is 0 Å². The fourth-order valence-corrected chi connectivity index (χ4v) is 2.21. The van der Waals surface area contributed by atoms with Crippen LogP contribution in [0.25, 0.3) is 0 Å². The summed E-state index contributed by atoms with van der Waals surface area (Å²) in [6.45, 7) is 3.22. The van der Waals surface area contributed by atoms with Crippen LogP contribution in [-0.4, -0.2) is 18.0 Å². The Hall–Kier alpha value is -2.96. The van der Waals surface area contributed by atoms with Gasteiger partial charge in [0.15, 0.2) is 11.6 Å². The van der Waals surface area contributed by atoms with Crippen LogP contribution in [0.4, 0.5) is 13.6 Å². The van der Waals surface area contributed by atoms with E-state index in [4.69, 9.17) is 4.74 Å². The number of ether oxygens (including phenoxy) is 1. The van der Waals surface area contributed by atoms with Crippen LogP contribution in [0.3, 0.4) is 0 Å². The van der Waals surface area contributed by atoms with E-state index in [1.54, 1.807) is 6.92 Å². The van der Waals surface area contributed by atoms with Crippen molar-refractivity contribution in [3.63, 3.8) is 0 Å². The number of amides is 2. The van der Waals surface area contributed by atoms with E-state index in [9.17, 15) is 18.4 Å². The standard InChI is InChI=1S/C19H20F2N2O3/c1-12(15-8-9-16(20)17(21)10-15)22-18(24)13(2)23-19(25)26-11-14-6-4-3-5-7-14/h3-10,12-13H,11H2,1-2H3,(H,22,24)(H,23,25)/t12?,13-/m0/s1. The van der Waals surface area contributed by atoms with Gasteiger partial charge in [-0.3, -0.25) is 4.79 Å². The summed E-state index contributed by atoms with van der Waals surface area (Å²) in [6, 6.07) is 11.1. The maximum absolute atomic E-state index is 13.3. The molecule has 1 unspecified atom stereocenters. The average molecular weight is 362 g/mol. The van der Waals surface area contributed by atoms with Crippen LogP contribution in [-0.2, 0) is 16.1 Å². The summed E-state index contributed by atoms with van der Waals surface area (Å²) in [7, 11) is 0. The minimum atomic E-state index is -0.987. The van der Waals surface area contributed by atoms with Gasteiger partial charge < -0.3 is 15.4 Å². The third kappa shape index (κ3) is 5.54. The maximum atomic E-state index is 13.3. The number of halogens is 2. The van der Waals surface area contributed by atoms with Gasteiger partial charge in [0.25, 0.3) is 0 Å². The number of alkyl carbamates (subject to hydrolysis) is 1. The Labute approximate surface area is 150 Å². The van der Waals surface area contributed by atoms with Crippen LogP contribution in [0, 0.1) is 11.6 Å². The Balaban J connectivity index is 1.82. The molecule has 0 aromatic heterocycles. The maximum Gasteiger partial charge on any atom is 0.408 e. The van der Waals surface area contributed by atoms with Crippen LogP contribution in [0.1, 0.15) is 31.0 Å². The number of carbonyl (C=O) groups excluding carboxylic acids is 2. The van der Waals surface area contributed by atoms with E-state index in [-0.39, 0.29) is 6.61 Å². The molecule has 7 heteroatoms. The zero-order valence-electron chi connectivity index (χ0n) is 14.5. The summed E-state index contributed by atoms with van der Waals surface area (Å²) in [6.07, 6.45) is -0.725. The average Bonchev–Trinajstić information content (AvgIpc) is 2.63. The normalized spacial score (nSPS) is 12.8. The van der Waals surface area contributed by atoms with Gasteiger partial charge in [0.2, 0.25) is 5.91 Å². The van der Waals surface area contributed by atoms with E-state index in [1.165, 1.54) is 13.0 Å². The first-order valence-electron chi connectivity index (χ1n) is 8.09. The van der Waals surface area contributed by atoms with Gasteiger partial charge in [-0.1, -0.05) is 36.4 Å². The first-order chi connectivity index (χ1) is 12.4. The molecule has 0 radical (unpaired) electrons. The van der Waals surface area contributed by atoms with Gasteiger partial charge >= 0.3 is 6.09 Å². The molecular formula is C19H20F2N2O3. The molecule has 0 spiro atoms. The second-order valence-electron chi connectivity index (χ2n) is 5.83. The van der Waals surface area contributed by atoms with Gasteiger partial charge in [-0.25, -0.2) is 13.6 Å². The summed E-state index contributed by atoms with van der Waals surface area (Å²) >= 11 is 0. The predicted octanol–water partition coefficient (Wildman–Crippen LogP) is 3.46. The first kappa shape index (κ1) is 19.4. The molecule has 2 amide bonds. The highest BCUT2D eigenvalue weighted by Gasteiger charge is 2.19. The van der Waals surface area contributed by atoms with Crippen LogP contribution in [0.2, 0.25) is 0 Å². The number of carbonyl (C=O) groups is 2. The molecule has 2 atom stereocenters. The van der Waals surface area contributed by atoms with E-state index in [2.05, 4.69) is 10.6 Å². The largest absolute Gasteiger partial charge is 0.445 e. The lowest BCUT2D eigenvalue weighted by Crippen LogP contribution is -2.45. The lowest BCUT2D eigenvalue weighted by atomic mass is 10.1. The predicted molar refractivity (Wildman–Crippen MR) is 92.1 cm³/mol. The minimum Gasteiger partial charge on any atom is -0.445 e. The summed E-state index contributed by atoms with van der Waals surface area (Å²) in [5.74, 6) is -2.42. The molecule has 2 aromatic rings. The second-order valence-corrected chi connectivity index (χ2v) is 5.83. The summed E-state index contributed by atoms with van der Waals surface area (Å²) in [5, 5.41) is 5.04. The lowest BCUT2D eigenvalue weighted by molar-refractivity contribution is -0.123. The molecule has 2 N–H and O–H groups in total. The van der Waals surface area contributed by atoms with Crippen molar-refractivity contribution in [3.05, 3.63) is 71.3 Å². The minimum absolute atomic E-state index is 0.0896. The topological polar surface area (TPSA) is 67.4 Å². The number of hydrogen-bond donors (Lipinski definition) is 2. The quantitative estimate of drug-likeness (QED) is 0.827. The van der Waals surface area contributed by atoms with Crippen molar-refractivity contribution in [3.8, 4) is 0 Å². The fraction of sp³-hybridized carbons (Fsp3) is 0.263. The van der Waals surface area contributed by atoms with Crippen molar-refractivity contribution in [2.24, 2.45) is 0 Å². The number of nitrogens with one attached hydrogen (secondary N) is 2. The lowest BCUT2D eigenvalue weighted by Gasteiger charge is -2.19. The van der Waals surface area contributed by atoms with Crippen molar-refractivity contribution < 1.29 is 23.1 Å². The Morgan fingerprint density at radius 3 is 2.35 bits per heavy atom. The van der Waals surface area contributed by atoms with Gasteiger partial charge in [0.1, 0.15) is 12.6 Å². The van der Waals surface area contributed by atoms with E-state index >= 15 is 0 Å². The molecule has 0 aliphatic carbocycles. The van der Waals surface area contributed by atoms with E-state index in [1.807, 2.05) is 30.3 Å². The third-order valence-electron chi connectivity index (χ3n) is 3.74. The van der Waals surface area contributed by atoms with Gasteiger partial charge in [0, 0.05) is 0 Å².